The van der Waals surface area contributed by atoms with Crippen LogP contribution < -0.4 is 20.7 Å². The lowest BCUT2D eigenvalue weighted by atomic mass is 10.1. The maximum Gasteiger partial charge on any atom is 0.273 e. The van der Waals surface area contributed by atoms with E-state index in [9.17, 15) is 9.59 Å². The molecule has 12 heteroatoms. The molecular formula is C20H23ClN8O3. The van der Waals surface area contributed by atoms with Crippen molar-refractivity contribution in [3.63, 3.8) is 0 Å². The second kappa shape index (κ2) is 9.60. The van der Waals surface area contributed by atoms with Crippen molar-refractivity contribution in [3.05, 3.63) is 36.3 Å². The molecule has 11 nitrogen and oxygen atoms in total. The molecule has 2 heterocycles. The zero-order valence-electron chi connectivity index (χ0n) is 20.2. The second-order valence-corrected chi connectivity index (χ2v) is 6.96. The number of rotatable bonds is 7. The molecule has 0 radical (unpaired) electrons. The number of amides is 2. The van der Waals surface area contributed by atoms with Crippen LogP contribution in [0.15, 0.2) is 30.6 Å². The van der Waals surface area contributed by atoms with Crippen LogP contribution in [0.2, 0.25) is 0 Å². The van der Waals surface area contributed by atoms with Gasteiger partial charge < -0.3 is 20.7 Å². The third kappa shape index (κ3) is 4.78. The Labute approximate surface area is 194 Å². The molecule has 0 bridgehead atoms. The third-order valence-electron chi connectivity index (χ3n) is 4.65. The number of para-hydroxylation sites is 1. The monoisotopic (exact) mass is 461 g/mol. The molecule has 0 spiro atoms. The summed E-state index contributed by atoms with van der Waals surface area (Å²) in [5, 5.41) is 19.6. The number of ether oxygens (including phenoxy) is 1. The summed E-state index contributed by atoms with van der Waals surface area (Å²) in [6.45, 7) is -2.73. The molecule has 3 N–H and O–H groups in total. The summed E-state index contributed by atoms with van der Waals surface area (Å²) in [6, 6.07) is 6.61. The van der Waals surface area contributed by atoms with Gasteiger partial charge in [-0.2, -0.15) is 5.10 Å². The third-order valence-corrected chi connectivity index (χ3v) is 4.65. The minimum absolute atomic E-state index is 0. The van der Waals surface area contributed by atoms with Crippen molar-refractivity contribution < 1.29 is 18.4 Å². The number of carbonyl (C=O) groups excluding carboxylic acids is 2. The number of nitrogens with one attached hydrogen (secondary N) is 3. The van der Waals surface area contributed by atoms with Crippen molar-refractivity contribution >= 4 is 41.4 Å². The van der Waals surface area contributed by atoms with Crippen LogP contribution in [0.1, 0.15) is 27.4 Å². The number of hydrogen-bond acceptors (Lipinski definition) is 8. The molecule has 0 atom stereocenters. The van der Waals surface area contributed by atoms with Crippen molar-refractivity contribution in [1.29, 1.82) is 0 Å². The summed E-state index contributed by atoms with van der Waals surface area (Å²) in [5.41, 5.74) is 0.866. The topological polar surface area (TPSA) is 136 Å². The van der Waals surface area contributed by atoms with Gasteiger partial charge >= 0.3 is 0 Å². The van der Waals surface area contributed by atoms with Gasteiger partial charge in [0, 0.05) is 30.1 Å². The fraction of sp³-hybridized carbons (Fsp3) is 0.300. The Morgan fingerprint density at radius 1 is 1.25 bits per heavy atom. The van der Waals surface area contributed by atoms with E-state index in [4.69, 9.17) is 8.85 Å². The fourth-order valence-corrected chi connectivity index (χ4v) is 2.99. The number of hydrogen-bond donors (Lipinski definition) is 3. The van der Waals surface area contributed by atoms with Crippen molar-refractivity contribution in [1.82, 2.24) is 30.3 Å². The highest BCUT2D eigenvalue weighted by Crippen LogP contribution is 2.37. The summed E-state index contributed by atoms with van der Waals surface area (Å²) in [5.74, 6) is -0.298. The molecule has 0 unspecified atom stereocenters. The maximum absolute atomic E-state index is 12.6. The zero-order chi connectivity index (χ0) is 24.5. The minimum atomic E-state index is -2.73. The SMILES string of the molecule is Cl.[2H]C([2H])([2H])NC(=O)c1nnc(NC(=O)C2CC2)cc1Nc1cccc(-c2ncn(C)n2)c1OC. The first-order chi connectivity index (χ1) is 16.1. The Bertz CT molecular complexity index is 1250. The summed E-state index contributed by atoms with van der Waals surface area (Å²) in [7, 11) is 3.21. The zero-order valence-corrected chi connectivity index (χ0v) is 18.1. The molecule has 168 valence electrons. The van der Waals surface area contributed by atoms with E-state index in [1.165, 1.54) is 13.2 Å². The van der Waals surface area contributed by atoms with E-state index in [1.54, 1.807) is 36.3 Å². The molecule has 1 fully saturated rings. The van der Waals surface area contributed by atoms with E-state index in [0.29, 0.717) is 22.8 Å². The van der Waals surface area contributed by atoms with Gasteiger partial charge in [-0.15, -0.1) is 22.6 Å². The van der Waals surface area contributed by atoms with Gasteiger partial charge in [0.2, 0.25) is 5.91 Å². The Balaban J connectivity index is 0.00000342. The summed E-state index contributed by atoms with van der Waals surface area (Å²) in [6.07, 6.45) is 3.15. The first kappa shape index (κ1) is 19.0. The lowest BCUT2D eigenvalue weighted by Crippen LogP contribution is -2.22. The number of anilines is 3. The molecule has 1 saturated carbocycles. The van der Waals surface area contributed by atoms with Gasteiger partial charge in [-0.25, -0.2) is 4.98 Å². The summed E-state index contributed by atoms with van der Waals surface area (Å²) >= 11 is 0. The molecule has 1 aromatic carbocycles. The van der Waals surface area contributed by atoms with Crippen LogP contribution >= 0.6 is 12.4 Å². The van der Waals surface area contributed by atoms with Crippen molar-refractivity contribution in [2.75, 3.05) is 24.7 Å². The van der Waals surface area contributed by atoms with E-state index in [2.05, 4.69) is 30.9 Å². The average molecular weight is 462 g/mol. The minimum Gasteiger partial charge on any atom is -0.494 e. The van der Waals surface area contributed by atoms with Crippen molar-refractivity contribution in [2.24, 2.45) is 13.0 Å². The molecule has 0 aliphatic heterocycles. The molecule has 3 aromatic rings. The molecule has 4 rings (SSSR count). The molecular weight excluding hydrogens is 436 g/mol. The Morgan fingerprint density at radius 2 is 2.06 bits per heavy atom. The van der Waals surface area contributed by atoms with Gasteiger partial charge in [-0.1, -0.05) is 6.07 Å². The van der Waals surface area contributed by atoms with Crippen LogP contribution in [0.5, 0.6) is 5.75 Å². The first-order valence-electron chi connectivity index (χ1n) is 11.0. The molecule has 0 saturated heterocycles. The highest BCUT2D eigenvalue weighted by molar-refractivity contribution is 6.00. The average Bonchev–Trinajstić information content (AvgIpc) is 3.53. The number of carbonyl (C=O) groups is 2. The van der Waals surface area contributed by atoms with Crippen LogP contribution in [0.3, 0.4) is 0 Å². The quantitative estimate of drug-likeness (QED) is 0.487. The van der Waals surface area contributed by atoms with Gasteiger partial charge in [0.25, 0.3) is 5.91 Å². The molecule has 1 aliphatic carbocycles. The lowest BCUT2D eigenvalue weighted by molar-refractivity contribution is -0.117. The van der Waals surface area contributed by atoms with Gasteiger partial charge in [0.15, 0.2) is 23.1 Å². The summed E-state index contributed by atoms with van der Waals surface area (Å²) in [4.78, 5) is 29.0. The van der Waals surface area contributed by atoms with Crippen LogP contribution in [0.25, 0.3) is 11.4 Å². The summed E-state index contributed by atoms with van der Waals surface area (Å²) < 4.78 is 29.1. The van der Waals surface area contributed by atoms with Gasteiger partial charge in [0.05, 0.1) is 24.0 Å². The van der Waals surface area contributed by atoms with Crippen LogP contribution in [-0.4, -0.2) is 50.9 Å². The number of aryl methyl sites for hydroxylation is 1. The Hall–Kier alpha value is -3.73. The van der Waals surface area contributed by atoms with Gasteiger partial charge in [-0.3, -0.25) is 14.3 Å². The molecule has 1 aliphatic rings. The number of halogens is 1. The van der Waals surface area contributed by atoms with Crippen LogP contribution in [-0.2, 0) is 11.8 Å². The van der Waals surface area contributed by atoms with Crippen molar-refractivity contribution in [2.45, 2.75) is 12.8 Å². The highest BCUT2D eigenvalue weighted by atomic mass is 35.5. The maximum atomic E-state index is 12.6. The van der Waals surface area contributed by atoms with E-state index >= 15 is 0 Å². The predicted octanol–water partition coefficient (Wildman–Crippen LogP) is 2.15. The Kier molecular flexibility index (Phi) is 5.70. The largest absolute Gasteiger partial charge is 0.494 e. The molecule has 32 heavy (non-hydrogen) atoms. The number of methoxy groups -OCH3 is 1. The normalized spacial score (nSPS) is 14.2. The van der Waals surface area contributed by atoms with Crippen LogP contribution in [0, 0.1) is 5.92 Å². The number of nitrogens with zero attached hydrogens (tertiary/aromatic N) is 5. The number of benzene rings is 1. The molecule has 2 amide bonds. The smallest absolute Gasteiger partial charge is 0.273 e. The lowest BCUT2D eigenvalue weighted by Gasteiger charge is -2.16. The van der Waals surface area contributed by atoms with Gasteiger partial charge in [-0.05, 0) is 25.0 Å². The van der Waals surface area contributed by atoms with E-state index in [1.807, 2.05) is 5.32 Å². The van der Waals surface area contributed by atoms with E-state index in [0.717, 1.165) is 12.8 Å². The van der Waals surface area contributed by atoms with Gasteiger partial charge in [0.1, 0.15) is 6.33 Å². The molecule has 2 aromatic heterocycles. The second-order valence-electron chi connectivity index (χ2n) is 6.96. The standard InChI is InChI=1S/C20H22N8O3.ClH/c1-21-20(30)16-14(9-15(25-26-16)24-19(29)11-7-8-11)23-13-6-4-5-12(17(13)31-3)18-22-10-28(2)27-18;/h4-6,9-11H,7-8H2,1-3H3,(H,21,30)(H2,23,24,25,29);1H/i1D3;. The van der Waals surface area contributed by atoms with E-state index < -0.39 is 12.9 Å². The van der Waals surface area contributed by atoms with Crippen molar-refractivity contribution in [3.8, 4) is 17.1 Å². The van der Waals surface area contributed by atoms with E-state index in [-0.39, 0.29) is 41.4 Å². The van der Waals surface area contributed by atoms with Crippen LogP contribution in [0.4, 0.5) is 17.2 Å². The number of aromatic nitrogens is 5. The fourth-order valence-electron chi connectivity index (χ4n) is 2.99. The first-order valence-corrected chi connectivity index (χ1v) is 9.46. The highest BCUT2D eigenvalue weighted by Gasteiger charge is 2.30. The Morgan fingerprint density at radius 3 is 2.72 bits per heavy atom. The predicted molar refractivity (Wildman–Crippen MR) is 120 cm³/mol.